The summed E-state index contributed by atoms with van der Waals surface area (Å²) in [4.78, 5) is 20.7. The number of carbonyl (C=O) groups excluding carboxylic acids is 1. The van der Waals surface area contributed by atoms with Gasteiger partial charge >= 0.3 is 6.09 Å². The third-order valence-electron chi connectivity index (χ3n) is 5.19. The fraction of sp³-hybridized carbons (Fsp3) is 0.300. The van der Waals surface area contributed by atoms with Crippen LogP contribution in [-0.2, 0) is 9.47 Å². The molecule has 1 atom stereocenters. The Morgan fingerprint density at radius 3 is 2.63 bits per heavy atom. The normalized spacial score (nSPS) is 20.3. The number of aromatic nitrogens is 2. The highest BCUT2D eigenvalue weighted by Gasteiger charge is 2.35. The van der Waals surface area contributed by atoms with Crippen LogP contribution in [0.2, 0.25) is 0 Å². The quantitative estimate of drug-likeness (QED) is 0.715. The van der Waals surface area contributed by atoms with E-state index in [1.807, 2.05) is 28.9 Å². The molecule has 138 valence electrons. The molecule has 0 aliphatic carbocycles. The van der Waals surface area contributed by atoms with Crippen molar-refractivity contribution in [2.45, 2.75) is 6.04 Å². The van der Waals surface area contributed by atoms with Crippen molar-refractivity contribution in [1.82, 2.24) is 9.38 Å². The second-order valence-electron chi connectivity index (χ2n) is 6.73. The van der Waals surface area contributed by atoms with Gasteiger partial charge in [0.05, 0.1) is 24.9 Å². The first-order chi connectivity index (χ1) is 13.3. The molecule has 5 rings (SSSR count). The first kappa shape index (κ1) is 16.1. The average molecular weight is 364 g/mol. The lowest BCUT2D eigenvalue weighted by atomic mass is 10.1. The van der Waals surface area contributed by atoms with Gasteiger partial charge in [0.2, 0.25) is 0 Å². The van der Waals surface area contributed by atoms with Crippen LogP contribution < -0.4 is 9.80 Å². The van der Waals surface area contributed by atoms with Crippen LogP contribution in [0.1, 0.15) is 11.6 Å². The van der Waals surface area contributed by atoms with E-state index >= 15 is 0 Å². The number of fused-ring (bicyclic) bond motifs is 1. The van der Waals surface area contributed by atoms with Crippen molar-refractivity contribution in [2.75, 3.05) is 42.7 Å². The second kappa shape index (κ2) is 6.59. The number of rotatable bonds is 3. The molecule has 0 spiro atoms. The van der Waals surface area contributed by atoms with Crippen molar-refractivity contribution in [2.24, 2.45) is 0 Å². The third-order valence-corrected chi connectivity index (χ3v) is 5.19. The van der Waals surface area contributed by atoms with E-state index in [1.165, 1.54) is 5.69 Å². The van der Waals surface area contributed by atoms with E-state index in [1.54, 1.807) is 11.1 Å². The minimum Gasteiger partial charge on any atom is -0.447 e. The summed E-state index contributed by atoms with van der Waals surface area (Å²) in [6.07, 6.45) is 5.20. The first-order valence-electron chi connectivity index (χ1n) is 9.11. The van der Waals surface area contributed by atoms with E-state index < -0.39 is 0 Å². The van der Waals surface area contributed by atoms with Crippen LogP contribution in [-0.4, -0.2) is 48.4 Å². The maximum Gasteiger partial charge on any atom is 0.415 e. The van der Waals surface area contributed by atoms with E-state index in [-0.39, 0.29) is 12.1 Å². The summed E-state index contributed by atoms with van der Waals surface area (Å²) in [5, 5.41) is 0. The summed E-state index contributed by atoms with van der Waals surface area (Å²) >= 11 is 0. The number of carbonyl (C=O) groups is 1. The maximum absolute atomic E-state index is 12.4. The van der Waals surface area contributed by atoms with Crippen molar-refractivity contribution >= 4 is 23.1 Å². The van der Waals surface area contributed by atoms with E-state index in [0.29, 0.717) is 6.61 Å². The van der Waals surface area contributed by atoms with Gasteiger partial charge in [-0.25, -0.2) is 9.78 Å². The van der Waals surface area contributed by atoms with E-state index in [2.05, 4.69) is 34.1 Å². The van der Waals surface area contributed by atoms with Crippen LogP contribution in [0.5, 0.6) is 0 Å². The van der Waals surface area contributed by atoms with Gasteiger partial charge in [-0.1, -0.05) is 12.1 Å². The molecule has 2 fully saturated rings. The number of imidazole rings is 1. The van der Waals surface area contributed by atoms with Gasteiger partial charge in [-0.15, -0.1) is 0 Å². The summed E-state index contributed by atoms with van der Waals surface area (Å²) in [5.41, 5.74) is 3.82. The smallest absolute Gasteiger partial charge is 0.415 e. The minimum absolute atomic E-state index is 0.145. The number of benzene rings is 1. The Morgan fingerprint density at radius 2 is 1.81 bits per heavy atom. The van der Waals surface area contributed by atoms with Gasteiger partial charge in [0, 0.05) is 43.4 Å². The molecule has 3 aromatic rings. The zero-order valence-electron chi connectivity index (χ0n) is 14.8. The summed E-state index contributed by atoms with van der Waals surface area (Å²) in [5.74, 6) is 0. The fourth-order valence-corrected chi connectivity index (χ4v) is 3.73. The number of morpholine rings is 1. The molecule has 0 radical (unpaired) electrons. The van der Waals surface area contributed by atoms with Crippen LogP contribution >= 0.6 is 0 Å². The maximum atomic E-state index is 12.4. The number of nitrogens with zero attached hydrogens (tertiary/aromatic N) is 4. The molecule has 1 amide bonds. The van der Waals surface area contributed by atoms with Crippen LogP contribution in [0.25, 0.3) is 5.65 Å². The molecule has 0 N–H and O–H groups in total. The molecule has 0 saturated carbocycles. The van der Waals surface area contributed by atoms with Gasteiger partial charge in [0.25, 0.3) is 0 Å². The number of cyclic esters (lactones) is 1. The van der Waals surface area contributed by atoms with Crippen molar-refractivity contribution in [3.63, 3.8) is 0 Å². The zero-order chi connectivity index (χ0) is 18.2. The summed E-state index contributed by atoms with van der Waals surface area (Å²) in [7, 11) is 0. The number of ether oxygens (including phenoxy) is 2. The Kier molecular flexibility index (Phi) is 3.94. The van der Waals surface area contributed by atoms with Crippen molar-refractivity contribution < 1.29 is 14.3 Å². The molecule has 0 bridgehead atoms. The van der Waals surface area contributed by atoms with Crippen LogP contribution in [0.3, 0.4) is 0 Å². The summed E-state index contributed by atoms with van der Waals surface area (Å²) in [6, 6.07) is 12.1. The molecule has 1 unspecified atom stereocenters. The molecule has 2 aromatic heterocycles. The van der Waals surface area contributed by atoms with Crippen LogP contribution in [0.4, 0.5) is 16.2 Å². The minimum atomic E-state index is -0.326. The van der Waals surface area contributed by atoms with Gasteiger partial charge in [0.15, 0.2) is 0 Å². The second-order valence-corrected chi connectivity index (χ2v) is 6.73. The Hall–Kier alpha value is -3.06. The lowest BCUT2D eigenvalue weighted by Crippen LogP contribution is -2.36. The lowest BCUT2D eigenvalue weighted by molar-refractivity contribution is 0.122. The van der Waals surface area contributed by atoms with Crippen molar-refractivity contribution in [3.05, 3.63) is 60.6 Å². The van der Waals surface area contributed by atoms with Gasteiger partial charge in [-0.05, 0) is 23.8 Å². The largest absolute Gasteiger partial charge is 0.447 e. The summed E-state index contributed by atoms with van der Waals surface area (Å²) < 4.78 is 12.7. The standard InChI is InChI=1S/C20H20N4O3/c25-20-24(17-5-7-23-8-6-21-19(23)13-17)18(14-27-20)15-1-3-16(4-2-15)22-9-11-26-12-10-22/h1-8,13,18H,9-12,14H2. The number of amides is 1. The Bertz CT molecular complexity index is 963. The average Bonchev–Trinajstić information content (AvgIpc) is 3.34. The van der Waals surface area contributed by atoms with E-state index in [9.17, 15) is 4.79 Å². The van der Waals surface area contributed by atoms with Crippen LogP contribution in [0.15, 0.2) is 55.0 Å². The highest BCUT2D eigenvalue weighted by atomic mass is 16.6. The highest BCUT2D eigenvalue weighted by molar-refractivity contribution is 5.91. The Labute approximate surface area is 156 Å². The molecule has 2 saturated heterocycles. The summed E-state index contributed by atoms with van der Waals surface area (Å²) in [6.45, 7) is 3.67. The predicted octanol–water partition coefficient (Wildman–Crippen LogP) is 2.87. The van der Waals surface area contributed by atoms with Gasteiger partial charge < -0.3 is 18.8 Å². The van der Waals surface area contributed by atoms with Gasteiger partial charge in [0.1, 0.15) is 12.3 Å². The fourth-order valence-electron chi connectivity index (χ4n) is 3.73. The lowest BCUT2D eigenvalue weighted by Gasteiger charge is -2.29. The number of pyridine rings is 1. The molecule has 2 aliphatic rings. The molecule has 27 heavy (non-hydrogen) atoms. The topological polar surface area (TPSA) is 59.3 Å². The molecule has 7 heteroatoms. The van der Waals surface area contributed by atoms with Crippen molar-refractivity contribution in [1.29, 1.82) is 0 Å². The Morgan fingerprint density at radius 1 is 1.00 bits per heavy atom. The first-order valence-corrected chi connectivity index (χ1v) is 9.11. The molecular weight excluding hydrogens is 344 g/mol. The van der Waals surface area contributed by atoms with Crippen molar-refractivity contribution in [3.8, 4) is 0 Å². The third kappa shape index (κ3) is 2.90. The SMILES string of the molecule is O=C1OCC(c2ccc(N3CCOCC3)cc2)N1c1ccn2ccnc2c1. The number of anilines is 2. The van der Waals surface area contributed by atoms with Crippen LogP contribution in [0, 0.1) is 0 Å². The number of hydrogen-bond donors (Lipinski definition) is 0. The predicted molar refractivity (Wildman–Crippen MR) is 101 cm³/mol. The highest BCUT2D eigenvalue weighted by Crippen LogP contribution is 2.34. The van der Waals surface area contributed by atoms with Gasteiger partial charge in [-0.2, -0.15) is 0 Å². The molecular formula is C20H20N4O3. The molecule has 4 heterocycles. The van der Waals surface area contributed by atoms with E-state index in [4.69, 9.17) is 9.47 Å². The van der Waals surface area contributed by atoms with Gasteiger partial charge in [-0.3, -0.25) is 4.90 Å². The molecule has 2 aliphatic heterocycles. The molecule has 1 aromatic carbocycles. The Balaban J connectivity index is 1.43. The zero-order valence-corrected chi connectivity index (χ0v) is 14.8. The monoisotopic (exact) mass is 364 g/mol. The number of hydrogen-bond acceptors (Lipinski definition) is 5. The molecule has 7 nitrogen and oxygen atoms in total. The van der Waals surface area contributed by atoms with E-state index in [0.717, 1.165) is 43.2 Å².